The van der Waals surface area contributed by atoms with Gasteiger partial charge in [-0.25, -0.2) is 4.98 Å². The van der Waals surface area contributed by atoms with E-state index < -0.39 is 0 Å². The molecule has 2 unspecified atom stereocenters. The predicted molar refractivity (Wildman–Crippen MR) is 82.0 cm³/mol. The predicted octanol–water partition coefficient (Wildman–Crippen LogP) is 2.65. The van der Waals surface area contributed by atoms with Crippen LogP contribution in [0.4, 0.5) is 5.82 Å². The molecule has 0 spiro atoms. The fraction of sp³-hybridized carbons (Fsp3) is 0.647. The quantitative estimate of drug-likeness (QED) is 0.892. The van der Waals surface area contributed by atoms with Gasteiger partial charge in [0.15, 0.2) is 0 Å². The third kappa shape index (κ3) is 3.03. The molecule has 1 saturated carbocycles. The van der Waals surface area contributed by atoms with E-state index in [2.05, 4.69) is 11.4 Å². The van der Waals surface area contributed by atoms with Crippen molar-refractivity contribution in [2.24, 2.45) is 11.8 Å². The van der Waals surface area contributed by atoms with Crippen molar-refractivity contribution in [3.05, 3.63) is 22.9 Å². The lowest BCUT2D eigenvalue weighted by Crippen LogP contribution is -2.22. The molecule has 2 atom stereocenters. The first-order valence-electron chi connectivity index (χ1n) is 8.09. The van der Waals surface area contributed by atoms with Crippen LogP contribution in [0.3, 0.4) is 0 Å². The van der Waals surface area contributed by atoms with Gasteiger partial charge >= 0.3 is 0 Å². The standard InChI is InChI=1S/C17H23N3O/c18-9-15-8-12-4-1-2-7-16(12)20-17(15)19-10-13-5-3-6-14(13)11-21/h8,13-14,21H,1-7,10-11H2,(H,19,20). The molecule has 4 heteroatoms. The van der Waals surface area contributed by atoms with Crippen molar-refractivity contribution >= 4 is 5.82 Å². The first-order chi connectivity index (χ1) is 10.3. The Kier molecular flexibility index (Phi) is 4.40. The van der Waals surface area contributed by atoms with Crippen molar-refractivity contribution in [1.29, 1.82) is 5.26 Å². The van der Waals surface area contributed by atoms with Crippen molar-refractivity contribution in [2.75, 3.05) is 18.5 Å². The summed E-state index contributed by atoms with van der Waals surface area (Å²) in [5.74, 6) is 1.64. The molecule has 3 rings (SSSR count). The molecule has 21 heavy (non-hydrogen) atoms. The van der Waals surface area contributed by atoms with Crippen LogP contribution in [0.5, 0.6) is 0 Å². The number of anilines is 1. The Morgan fingerprint density at radius 3 is 2.86 bits per heavy atom. The van der Waals surface area contributed by atoms with Crippen LogP contribution in [0.2, 0.25) is 0 Å². The molecule has 1 aromatic heterocycles. The van der Waals surface area contributed by atoms with Crippen LogP contribution in [-0.2, 0) is 12.8 Å². The van der Waals surface area contributed by atoms with Crippen molar-refractivity contribution in [3.8, 4) is 6.07 Å². The molecule has 2 N–H and O–H groups in total. The summed E-state index contributed by atoms with van der Waals surface area (Å²) in [6.07, 6.45) is 7.94. The molecular weight excluding hydrogens is 262 g/mol. The van der Waals surface area contributed by atoms with Crippen LogP contribution >= 0.6 is 0 Å². The van der Waals surface area contributed by atoms with E-state index in [1.54, 1.807) is 0 Å². The number of fused-ring (bicyclic) bond motifs is 1. The van der Waals surface area contributed by atoms with Gasteiger partial charge in [-0.2, -0.15) is 5.26 Å². The van der Waals surface area contributed by atoms with Gasteiger partial charge in [-0.05, 0) is 62.0 Å². The highest BCUT2D eigenvalue weighted by atomic mass is 16.3. The summed E-state index contributed by atoms with van der Waals surface area (Å²) in [5.41, 5.74) is 3.07. The summed E-state index contributed by atoms with van der Waals surface area (Å²) in [6, 6.07) is 4.29. The van der Waals surface area contributed by atoms with Gasteiger partial charge in [0.05, 0.1) is 5.56 Å². The van der Waals surface area contributed by atoms with E-state index in [0.29, 0.717) is 17.4 Å². The van der Waals surface area contributed by atoms with Gasteiger partial charge in [0, 0.05) is 18.8 Å². The largest absolute Gasteiger partial charge is 0.396 e. The van der Waals surface area contributed by atoms with Gasteiger partial charge in [-0.1, -0.05) is 6.42 Å². The molecule has 0 amide bonds. The SMILES string of the molecule is N#Cc1cc2c(nc1NCC1CCCC1CO)CCCC2. The first kappa shape index (κ1) is 14.3. The fourth-order valence-electron chi connectivity index (χ4n) is 3.70. The molecule has 0 radical (unpaired) electrons. The maximum absolute atomic E-state index is 9.40. The van der Waals surface area contributed by atoms with Gasteiger partial charge in [0.1, 0.15) is 11.9 Å². The Balaban J connectivity index is 1.74. The minimum Gasteiger partial charge on any atom is -0.396 e. The van der Waals surface area contributed by atoms with Crippen molar-refractivity contribution in [1.82, 2.24) is 4.98 Å². The van der Waals surface area contributed by atoms with E-state index in [1.807, 2.05) is 6.07 Å². The summed E-state index contributed by atoms with van der Waals surface area (Å²) < 4.78 is 0. The van der Waals surface area contributed by atoms with Crippen molar-refractivity contribution in [2.45, 2.75) is 44.9 Å². The van der Waals surface area contributed by atoms with E-state index in [0.717, 1.165) is 43.7 Å². The van der Waals surface area contributed by atoms with Gasteiger partial charge in [-0.3, -0.25) is 0 Å². The van der Waals surface area contributed by atoms with Crippen molar-refractivity contribution in [3.63, 3.8) is 0 Å². The number of nitrogens with zero attached hydrogens (tertiary/aromatic N) is 2. The number of nitrogens with one attached hydrogen (secondary N) is 1. The molecule has 1 fully saturated rings. The van der Waals surface area contributed by atoms with E-state index in [-0.39, 0.29) is 6.61 Å². The second-order valence-electron chi connectivity index (χ2n) is 6.32. The maximum Gasteiger partial charge on any atom is 0.144 e. The lowest BCUT2D eigenvalue weighted by atomic mass is 9.94. The molecule has 0 bridgehead atoms. The van der Waals surface area contributed by atoms with Crippen LogP contribution in [0.15, 0.2) is 6.07 Å². The summed E-state index contributed by atoms with van der Waals surface area (Å²) in [7, 11) is 0. The second-order valence-corrected chi connectivity index (χ2v) is 6.32. The Hall–Kier alpha value is -1.60. The van der Waals surface area contributed by atoms with Gasteiger partial charge in [-0.15, -0.1) is 0 Å². The number of aromatic nitrogens is 1. The van der Waals surface area contributed by atoms with Crippen LogP contribution in [-0.4, -0.2) is 23.2 Å². The monoisotopic (exact) mass is 285 g/mol. The highest BCUT2D eigenvalue weighted by molar-refractivity contribution is 5.54. The Morgan fingerprint density at radius 2 is 2.05 bits per heavy atom. The normalized spacial score (nSPS) is 24.4. The fourth-order valence-corrected chi connectivity index (χ4v) is 3.70. The second kappa shape index (κ2) is 6.44. The minimum absolute atomic E-state index is 0.273. The Bertz CT molecular complexity index is 550. The maximum atomic E-state index is 9.40. The minimum atomic E-state index is 0.273. The average Bonchev–Trinajstić information content (AvgIpc) is 2.99. The number of aliphatic hydroxyl groups is 1. The van der Waals surface area contributed by atoms with E-state index >= 15 is 0 Å². The first-order valence-corrected chi connectivity index (χ1v) is 8.09. The van der Waals surface area contributed by atoms with E-state index in [4.69, 9.17) is 4.98 Å². The smallest absolute Gasteiger partial charge is 0.144 e. The summed E-state index contributed by atoms with van der Waals surface area (Å²) in [6.45, 7) is 1.08. The van der Waals surface area contributed by atoms with E-state index in [9.17, 15) is 10.4 Å². The van der Waals surface area contributed by atoms with Crippen LogP contribution in [0.1, 0.15) is 48.9 Å². The van der Waals surface area contributed by atoms with Gasteiger partial charge in [0.25, 0.3) is 0 Å². The zero-order valence-corrected chi connectivity index (χ0v) is 12.4. The van der Waals surface area contributed by atoms with Crippen LogP contribution < -0.4 is 5.32 Å². The number of aliphatic hydroxyl groups excluding tert-OH is 1. The highest BCUT2D eigenvalue weighted by Crippen LogP contribution is 2.32. The topological polar surface area (TPSA) is 68.9 Å². The van der Waals surface area contributed by atoms with Gasteiger partial charge in [0.2, 0.25) is 0 Å². The third-order valence-corrected chi connectivity index (χ3v) is 5.00. The molecule has 112 valence electrons. The molecule has 0 saturated heterocycles. The number of rotatable bonds is 4. The molecule has 1 aromatic rings. The number of aryl methyl sites for hydroxylation is 2. The zero-order chi connectivity index (χ0) is 14.7. The van der Waals surface area contributed by atoms with Crippen LogP contribution in [0, 0.1) is 23.2 Å². The molecule has 2 aliphatic rings. The molecular formula is C17H23N3O. The Labute approximate surface area is 126 Å². The number of nitriles is 1. The van der Waals surface area contributed by atoms with Crippen molar-refractivity contribution < 1.29 is 5.11 Å². The summed E-state index contributed by atoms with van der Waals surface area (Å²) in [4.78, 5) is 4.70. The van der Waals surface area contributed by atoms with Crippen LogP contribution in [0.25, 0.3) is 0 Å². The molecule has 2 aliphatic carbocycles. The number of hydrogen-bond acceptors (Lipinski definition) is 4. The lowest BCUT2D eigenvalue weighted by molar-refractivity contribution is 0.199. The van der Waals surface area contributed by atoms with E-state index in [1.165, 1.54) is 24.8 Å². The molecule has 1 heterocycles. The molecule has 4 nitrogen and oxygen atoms in total. The lowest BCUT2D eigenvalue weighted by Gasteiger charge is -2.20. The average molecular weight is 285 g/mol. The Morgan fingerprint density at radius 1 is 1.24 bits per heavy atom. The number of hydrogen-bond donors (Lipinski definition) is 2. The summed E-state index contributed by atoms with van der Waals surface area (Å²) in [5, 5.41) is 22.1. The third-order valence-electron chi connectivity index (χ3n) is 5.00. The molecule has 0 aromatic carbocycles. The molecule has 0 aliphatic heterocycles. The van der Waals surface area contributed by atoms with Gasteiger partial charge < -0.3 is 10.4 Å². The summed E-state index contributed by atoms with van der Waals surface area (Å²) >= 11 is 0. The highest BCUT2D eigenvalue weighted by Gasteiger charge is 2.26. The number of pyridine rings is 1. The zero-order valence-electron chi connectivity index (χ0n) is 12.4.